The van der Waals surface area contributed by atoms with E-state index in [9.17, 15) is 13.2 Å². The van der Waals surface area contributed by atoms with Crippen LogP contribution in [0.15, 0.2) is 35.2 Å². The second kappa shape index (κ2) is 7.57. The van der Waals surface area contributed by atoms with Gasteiger partial charge >= 0.3 is 5.97 Å². The number of sulfonamides is 1. The number of alkyl halides is 1. The second-order valence-electron chi connectivity index (χ2n) is 5.36. The fourth-order valence-electron chi connectivity index (χ4n) is 2.06. The van der Waals surface area contributed by atoms with E-state index in [1.165, 1.54) is 19.2 Å². The number of ether oxygens (including phenoxy) is 1. The fraction of sp³-hybridized carbons (Fsp3) is 0.533. The molecule has 0 unspecified atom stereocenters. The van der Waals surface area contributed by atoms with Crippen molar-refractivity contribution < 1.29 is 17.9 Å². The molecule has 1 rings (SSSR count). The van der Waals surface area contributed by atoms with Gasteiger partial charge in [0, 0.05) is 7.05 Å². The maximum atomic E-state index is 12.8. The minimum absolute atomic E-state index is 0.0946. The van der Waals surface area contributed by atoms with Crippen molar-refractivity contribution in [2.75, 3.05) is 13.7 Å². The summed E-state index contributed by atoms with van der Waals surface area (Å²) in [7, 11) is -2.43. The van der Waals surface area contributed by atoms with E-state index in [4.69, 9.17) is 4.74 Å². The summed E-state index contributed by atoms with van der Waals surface area (Å²) in [4.78, 5) is 12.5. The number of nitrogens with zero attached hydrogens (tertiary/aromatic N) is 1. The third-order valence-corrected chi connectivity index (χ3v) is 6.48. The number of rotatable bonds is 7. The Morgan fingerprint density at radius 1 is 1.32 bits per heavy atom. The summed E-state index contributed by atoms with van der Waals surface area (Å²) in [6.07, 6.45) is 0.300. The highest BCUT2D eigenvalue weighted by atomic mass is 79.9. The second-order valence-corrected chi connectivity index (χ2v) is 8.64. The first kappa shape index (κ1) is 19.1. The van der Waals surface area contributed by atoms with Crippen molar-refractivity contribution >= 4 is 31.9 Å². The minimum atomic E-state index is -3.82. The molecule has 1 aromatic carbocycles. The van der Waals surface area contributed by atoms with Crippen molar-refractivity contribution in [3.63, 3.8) is 0 Å². The molecule has 0 aliphatic heterocycles. The number of carbonyl (C=O) groups excluding carboxylic acids is 1. The standard InChI is InChI=1S/C15H22BrNO4S/c1-5-21-14(18)15(16,11-12(2)3)17(4)22(19,20)13-9-7-6-8-10-13/h6-10,12H,5,11H2,1-4H3/t15-/m0/s1. The minimum Gasteiger partial charge on any atom is -0.464 e. The predicted molar refractivity (Wildman–Crippen MR) is 89.1 cm³/mol. The van der Waals surface area contributed by atoms with Crippen LogP contribution in [0.1, 0.15) is 27.2 Å². The molecule has 0 spiro atoms. The summed E-state index contributed by atoms with van der Waals surface area (Å²) in [5.74, 6) is -0.511. The van der Waals surface area contributed by atoms with Gasteiger partial charge in [-0.15, -0.1) is 0 Å². The molecule has 0 amide bonds. The van der Waals surface area contributed by atoms with Crippen LogP contribution in [0.5, 0.6) is 0 Å². The van der Waals surface area contributed by atoms with Crippen LogP contribution < -0.4 is 0 Å². The predicted octanol–water partition coefficient (Wildman–Crippen LogP) is 3.01. The maximum Gasteiger partial charge on any atom is 0.338 e. The van der Waals surface area contributed by atoms with Crippen LogP contribution in [0.3, 0.4) is 0 Å². The number of hydrogen-bond donors (Lipinski definition) is 0. The lowest BCUT2D eigenvalue weighted by Gasteiger charge is -2.35. The highest BCUT2D eigenvalue weighted by Crippen LogP contribution is 2.35. The third-order valence-electron chi connectivity index (χ3n) is 3.17. The Hall–Kier alpha value is -0.920. The number of likely N-dealkylation sites (N-methyl/N-ethyl adjacent to an activating group) is 1. The zero-order valence-electron chi connectivity index (χ0n) is 13.2. The van der Waals surface area contributed by atoms with Crippen LogP contribution in [0.4, 0.5) is 0 Å². The van der Waals surface area contributed by atoms with Crippen molar-refractivity contribution in [2.24, 2.45) is 5.92 Å². The van der Waals surface area contributed by atoms with Gasteiger partial charge in [0.1, 0.15) is 0 Å². The Kier molecular flexibility index (Phi) is 6.58. The monoisotopic (exact) mass is 391 g/mol. The first-order valence-electron chi connectivity index (χ1n) is 7.06. The SMILES string of the molecule is CCOC(=O)[C@](Br)(CC(C)C)N(C)S(=O)(=O)c1ccccc1. The highest BCUT2D eigenvalue weighted by Gasteiger charge is 2.47. The molecule has 1 atom stereocenters. The smallest absolute Gasteiger partial charge is 0.338 e. The van der Waals surface area contributed by atoms with Crippen LogP contribution in [0.2, 0.25) is 0 Å². The lowest BCUT2D eigenvalue weighted by molar-refractivity contribution is -0.149. The molecule has 0 heterocycles. The first-order chi connectivity index (χ1) is 10.2. The molecule has 124 valence electrons. The Morgan fingerprint density at radius 2 is 1.86 bits per heavy atom. The van der Waals surface area contributed by atoms with Crippen LogP contribution in [0.25, 0.3) is 0 Å². The van der Waals surface area contributed by atoms with Crippen LogP contribution in [0, 0.1) is 5.92 Å². The molecular formula is C15H22BrNO4S. The lowest BCUT2D eigenvalue weighted by Crippen LogP contribution is -2.52. The van der Waals surface area contributed by atoms with Gasteiger partial charge in [0.2, 0.25) is 10.0 Å². The summed E-state index contributed by atoms with van der Waals surface area (Å²) in [5.41, 5.74) is 0. The quantitative estimate of drug-likeness (QED) is 0.407. The number of benzene rings is 1. The molecule has 5 nitrogen and oxygen atoms in total. The number of carbonyl (C=O) groups is 1. The molecule has 22 heavy (non-hydrogen) atoms. The van der Waals surface area contributed by atoms with Crippen molar-refractivity contribution in [1.29, 1.82) is 0 Å². The van der Waals surface area contributed by atoms with Gasteiger partial charge in [0.15, 0.2) is 4.45 Å². The van der Waals surface area contributed by atoms with Crippen LogP contribution >= 0.6 is 15.9 Å². The molecular weight excluding hydrogens is 370 g/mol. The number of halogens is 1. The van der Waals surface area contributed by atoms with Gasteiger partial charge in [-0.1, -0.05) is 48.0 Å². The van der Waals surface area contributed by atoms with E-state index < -0.39 is 20.4 Å². The first-order valence-corrected chi connectivity index (χ1v) is 9.29. The van der Waals surface area contributed by atoms with Gasteiger partial charge in [-0.3, -0.25) is 0 Å². The molecule has 1 aromatic rings. The Morgan fingerprint density at radius 3 is 2.32 bits per heavy atom. The summed E-state index contributed by atoms with van der Waals surface area (Å²) in [6, 6.07) is 8.02. The van der Waals surface area contributed by atoms with Crippen molar-refractivity contribution in [3.8, 4) is 0 Å². The Bertz CT molecular complexity index is 603. The summed E-state index contributed by atoms with van der Waals surface area (Å²) in [5, 5.41) is 0. The van der Waals surface area contributed by atoms with Crippen molar-refractivity contribution in [3.05, 3.63) is 30.3 Å². The average Bonchev–Trinajstić information content (AvgIpc) is 2.46. The van der Waals surface area contributed by atoms with E-state index in [1.54, 1.807) is 25.1 Å². The zero-order chi connectivity index (χ0) is 17.0. The molecule has 0 radical (unpaired) electrons. The lowest BCUT2D eigenvalue weighted by atomic mass is 10.0. The van der Waals surface area contributed by atoms with Crippen molar-refractivity contribution in [2.45, 2.75) is 36.5 Å². The molecule has 0 saturated carbocycles. The van der Waals surface area contributed by atoms with E-state index in [-0.39, 0.29) is 17.4 Å². The normalized spacial score (nSPS) is 14.9. The fourth-order valence-corrected chi connectivity index (χ4v) is 4.75. The van der Waals surface area contributed by atoms with Gasteiger partial charge in [-0.05, 0) is 31.4 Å². The molecule has 0 N–H and O–H groups in total. The zero-order valence-corrected chi connectivity index (χ0v) is 15.6. The average molecular weight is 392 g/mol. The van der Waals surface area contributed by atoms with Gasteiger partial charge < -0.3 is 4.74 Å². The van der Waals surface area contributed by atoms with Gasteiger partial charge in [0.25, 0.3) is 0 Å². The van der Waals surface area contributed by atoms with Gasteiger partial charge in [-0.2, -0.15) is 4.31 Å². The molecule has 0 aromatic heterocycles. The van der Waals surface area contributed by atoms with E-state index in [2.05, 4.69) is 15.9 Å². The van der Waals surface area contributed by atoms with Crippen LogP contribution in [-0.2, 0) is 19.6 Å². The molecule has 0 fully saturated rings. The molecule has 7 heteroatoms. The van der Waals surface area contributed by atoms with Crippen molar-refractivity contribution in [1.82, 2.24) is 4.31 Å². The molecule has 0 bridgehead atoms. The maximum absolute atomic E-state index is 12.8. The van der Waals surface area contributed by atoms with E-state index in [0.29, 0.717) is 6.42 Å². The Labute approximate surface area is 140 Å². The largest absolute Gasteiger partial charge is 0.464 e. The summed E-state index contributed by atoms with van der Waals surface area (Å²) in [6.45, 7) is 5.70. The molecule has 0 saturated heterocycles. The third kappa shape index (κ3) is 4.08. The Balaban J connectivity index is 3.27. The summed E-state index contributed by atoms with van der Waals surface area (Å²) < 4.78 is 30.2. The highest BCUT2D eigenvalue weighted by molar-refractivity contribution is 9.10. The van der Waals surface area contributed by atoms with E-state index in [0.717, 1.165) is 4.31 Å². The summed E-state index contributed by atoms with van der Waals surface area (Å²) >= 11 is 3.32. The molecule has 0 aliphatic rings. The topological polar surface area (TPSA) is 63.7 Å². The van der Waals surface area contributed by atoms with Gasteiger partial charge in [0.05, 0.1) is 11.5 Å². The van der Waals surface area contributed by atoms with E-state index in [1.807, 2.05) is 13.8 Å². The van der Waals surface area contributed by atoms with Crippen LogP contribution in [-0.4, -0.2) is 36.8 Å². The number of hydrogen-bond acceptors (Lipinski definition) is 4. The van der Waals surface area contributed by atoms with Gasteiger partial charge in [-0.25, -0.2) is 13.2 Å². The molecule has 0 aliphatic carbocycles. The van der Waals surface area contributed by atoms with E-state index >= 15 is 0 Å². The number of esters is 1.